The van der Waals surface area contributed by atoms with Gasteiger partial charge in [-0.15, -0.1) is 0 Å². The zero-order chi connectivity index (χ0) is 53.6. The summed E-state index contributed by atoms with van der Waals surface area (Å²) in [4.78, 5) is 28.4. The SMILES string of the molecule is CC1OC(OCC2OC(Oc3c(-c4ccc(O)c(O)c4)oc4cc(OC5OC(C)C(O)C(O)C5O)cc(O)c4c3=O)C(OC3OC(C)C(O)C(O)C3O)C(O)C2OC(=O)C=Cc2ccc(O)cc2)C(O)C(O)C1O. The number of benzene rings is 3. The van der Waals surface area contributed by atoms with Gasteiger partial charge in [0.05, 0.1) is 24.9 Å². The molecule has 0 radical (unpaired) electrons. The lowest BCUT2D eigenvalue weighted by molar-refractivity contribution is -0.360. The molecule has 0 aliphatic carbocycles. The molecule has 4 aromatic rings. The zero-order valence-corrected chi connectivity index (χ0v) is 39.3. The Labute approximate surface area is 418 Å². The maximum Gasteiger partial charge on any atom is 0.331 e. The number of fused-ring (bicyclic) bond motifs is 1. The van der Waals surface area contributed by atoms with Gasteiger partial charge in [0, 0.05) is 23.8 Å². The van der Waals surface area contributed by atoms with E-state index in [0.29, 0.717) is 5.56 Å². The number of phenols is 4. The average molecular weight is 1050 g/mol. The number of hydrogen-bond acceptors (Lipinski definition) is 26. The number of aliphatic hydroxyl groups excluding tert-OH is 10. The lowest BCUT2D eigenvalue weighted by Crippen LogP contribution is -2.65. The molecule has 8 rings (SSSR count). The Bertz CT molecular complexity index is 2700. The number of esters is 1. The Morgan fingerprint density at radius 3 is 1.78 bits per heavy atom. The average Bonchev–Trinajstić information content (AvgIpc) is 3.36. The van der Waals surface area contributed by atoms with Crippen LogP contribution in [0.3, 0.4) is 0 Å². The van der Waals surface area contributed by atoms with Crippen molar-refractivity contribution in [3.05, 3.63) is 76.5 Å². The number of carbonyl (C=O) groups excluding carboxylic acids is 1. The monoisotopic (exact) mass is 1050 g/mol. The molecule has 0 amide bonds. The van der Waals surface area contributed by atoms with Gasteiger partial charge < -0.3 is 119 Å². The van der Waals surface area contributed by atoms with Gasteiger partial charge in [-0.25, -0.2) is 4.79 Å². The van der Waals surface area contributed by atoms with Gasteiger partial charge in [-0.1, -0.05) is 12.1 Å². The van der Waals surface area contributed by atoms with E-state index in [1.807, 2.05) is 0 Å². The van der Waals surface area contributed by atoms with E-state index in [2.05, 4.69) is 0 Å². The summed E-state index contributed by atoms with van der Waals surface area (Å²) in [6.07, 6.45) is -32.4. The molecule has 4 aliphatic rings. The van der Waals surface area contributed by atoms with Gasteiger partial charge in [-0.3, -0.25) is 4.79 Å². The molecule has 26 heteroatoms. The van der Waals surface area contributed by atoms with Crippen LogP contribution in [-0.4, -0.2) is 207 Å². The highest BCUT2D eigenvalue weighted by atomic mass is 16.8. The van der Waals surface area contributed by atoms with Crippen LogP contribution in [0.25, 0.3) is 28.4 Å². The van der Waals surface area contributed by atoms with Crippen LogP contribution in [0.1, 0.15) is 26.3 Å². The van der Waals surface area contributed by atoms with E-state index in [4.69, 9.17) is 47.0 Å². The molecule has 20 unspecified atom stereocenters. The fourth-order valence-electron chi connectivity index (χ4n) is 8.61. The smallest absolute Gasteiger partial charge is 0.331 e. The first-order valence-corrected chi connectivity index (χ1v) is 23.1. The van der Waals surface area contributed by atoms with Crippen molar-refractivity contribution in [1.29, 1.82) is 0 Å². The van der Waals surface area contributed by atoms with Crippen molar-refractivity contribution in [3.63, 3.8) is 0 Å². The summed E-state index contributed by atoms with van der Waals surface area (Å²) >= 11 is 0. The van der Waals surface area contributed by atoms with E-state index in [1.54, 1.807) is 0 Å². The van der Waals surface area contributed by atoms with Crippen molar-refractivity contribution in [2.75, 3.05) is 6.61 Å². The van der Waals surface area contributed by atoms with Crippen LogP contribution in [0.2, 0.25) is 0 Å². The molecular formula is C48H56O26. The summed E-state index contributed by atoms with van der Waals surface area (Å²) in [6, 6.07) is 10.7. The lowest BCUT2D eigenvalue weighted by Gasteiger charge is -2.47. The Balaban J connectivity index is 1.22. The topological polar surface area (TPSA) is 414 Å². The Morgan fingerprint density at radius 1 is 0.581 bits per heavy atom. The summed E-state index contributed by atoms with van der Waals surface area (Å²) in [5.74, 6) is -5.19. The molecule has 20 atom stereocenters. The van der Waals surface area contributed by atoms with Crippen LogP contribution in [0, 0.1) is 0 Å². The third-order valence-electron chi connectivity index (χ3n) is 12.9. The number of aromatic hydroxyl groups is 4. The molecule has 4 fully saturated rings. The molecule has 0 saturated carbocycles. The predicted octanol–water partition coefficient (Wildman–Crippen LogP) is -2.36. The summed E-state index contributed by atoms with van der Waals surface area (Å²) in [6.45, 7) is 3.25. The van der Waals surface area contributed by atoms with Crippen molar-refractivity contribution in [2.24, 2.45) is 0 Å². The van der Waals surface area contributed by atoms with Gasteiger partial charge in [-0.2, -0.15) is 0 Å². The highest BCUT2D eigenvalue weighted by molar-refractivity contribution is 5.89. The molecule has 0 bridgehead atoms. The van der Waals surface area contributed by atoms with Crippen LogP contribution >= 0.6 is 0 Å². The second kappa shape index (κ2) is 22.2. The Kier molecular flexibility index (Phi) is 16.4. The van der Waals surface area contributed by atoms with Gasteiger partial charge in [-0.05, 0) is 62.7 Å². The van der Waals surface area contributed by atoms with Crippen molar-refractivity contribution in [2.45, 2.75) is 144 Å². The van der Waals surface area contributed by atoms with Gasteiger partial charge in [0.1, 0.15) is 95.4 Å². The zero-order valence-electron chi connectivity index (χ0n) is 39.3. The maximum atomic E-state index is 14.8. The summed E-state index contributed by atoms with van der Waals surface area (Å²) < 4.78 is 58.7. The van der Waals surface area contributed by atoms with Gasteiger partial charge in [0.2, 0.25) is 23.8 Å². The van der Waals surface area contributed by atoms with E-state index >= 15 is 0 Å². The first kappa shape index (κ1) is 54.5. The minimum atomic E-state index is -2.20. The molecule has 74 heavy (non-hydrogen) atoms. The molecular weight excluding hydrogens is 993 g/mol. The summed E-state index contributed by atoms with van der Waals surface area (Å²) in [5, 5.41) is 149. The Morgan fingerprint density at radius 2 is 1.16 bits per heavy atom. The fourth-order valence-corrected chi connectivity index (χ4v) is 8.61. The number of carbonyl (C=O) groups is 1. The molecule has 404 valence electrons. The largest absolute Gasteiger partial charge is 0.508 e. The molecule has 4 aliphatic heterocycles. The van der Waals surface area contributed by atoms with E-state index < -0.39 is 181 Å². The third-order valence-corrected chi connectivity index (χ3v) is 12.9. The minimum Gasteiger partial charge on any atom is -0.508 e. The van der Waals surface area contributed by atoms with Crippen LogP contribution in [0.5, 0.6) is 34.5 Å². The van der Waals surface area contributed by atoms with Gasteiger partial charge in [0.25, 0.3) is 0 Å². The minimum absolute atomic E-state index is 0.0677. The van der Waals surface area contributed by atoms with Crippen molar-refractivity contribution >= 4 is 23.0 Å². The second-order valence-corrected chi connectivity index (χ2v) is 18.2. The first-order valence-electron chi connectivity index (χ1n) is 23.1. The Hall–Kier alpha value is -5.76. The summed E-state index contributed by atoms with van der Waals surface area (Å²) in [7, 11) is 0. The quantitative estimate of drug-likeness (QED) is 0.0378. The number of rotatable bonds is 13. The standard InChI is InChI=1S/C48H56O26/c1-16-30(54)34(58)37(61)45(66-16)65-15-27-42(72-28(53)11-6-19-4-8-21(49)9-5-19)40(64)44(74-47-39(63)36(60)32(56)18(3)68-47)48(71-27)73-43-33(57)29-25(52)13-22(69-46-38(62)35(59)31(55)17(2)67-46)14-26(29)70-41(43)20-7-10-23(50)24(51)12-20/h4-14,16-18,27,30-32,34-40,42,44-52,54-56,58-64H,15H2,1-3H3. The fraction of sp³-hybridized carbons (Fsp3) is 0.500. The molecule has 26 nitrogen and oxygen atoms in total. The van der Waals surface area contributed by atoms with Crippen LogP contribution in [0.4, 0.5) is 0 Å². The molecule has 0 spiro atoms. The predicted molar refractivity (Wildman–Crippen MR) is 244 cm³/mol. The molecule has 14 N–H and O–H groups in total. The molecule has 4 saturated heterocycles. The normalized spacial score (nSPS) is 36.7. The van der Waals surface area contributed by atoms with Gasteiger partial charge >= 0.3 is 5.97 Å². The lowest BCUT2D eigenvalue weighted by atomic mass is 9.97. The van der Waals surface area contributed by atoms with E-state index in [-0.39, 0.29) is 17.1 Å². The molecule has 1 aromatic heterocycles. The maximum absolute atomic E-state index is 14.8. The van der Waals surface area contributed by atoms with E-state index in [9.17, 15) is 81.1 Å². The highest BCUT2D eigenvalue weighted by Crippen LogP contribution is 2.41. The first-order chi connectivity index (χ1) is 35.0. The van der Waals surface area contributed by atoms with Crippen LogP contribution in [-0.2, 0) is 38.0 Å². The number of hydrogen-bond donors (Lipinski definition) is 14. The number of aliphatic hydroxyl groups is 10. The molecule has 3 aromatic carbocycles. The van der Waals surface area contributed by atoms with Gasteiger partial charge in [0.15, 0.2) is 42.0 Å². The van der Waals surface area contributed by atoms with Crippen LogP contribution < -0.4 is 14.9 Å². The van der Waals surface area contributed by atoms with Crippen LogP contribution in [0.15, 0.2) is 69.9 Å². The molecule has 5 heterocycles. The third kappa shape index (κ3) is 11.1. The van der Waals surface area contributed by atoms with Crippen molar-refractivity contribution in [1.82, 2.24) is 0 Å². The van der Waals surface area contributed by atoms with E-state index in [0.717, 1.165) is 36.4 Å². The van der Waals surface area contributed by atoms with Crippen molar-refractivity contribution < 1.29 is 123 Å². The number of ether oxygens (including phenoxy) is 9. The highest BCUT2D eigenvalue weighted by Gasteiger charge is 2.54. The second-order valence-electron chi connectivity index (χ2n) is 18.2. The van der Waals surface area contributed by atoms with Crippen molar-refractivity contribution in [3.8, 4) is 45.8 Å². The summed E-state index contributed by atoms with van der Waals surface area (Å²) in [5.41, 5.74) is -1.45. The van der Waals surface area contributed by atoms with E-state index in [1.165, 1.54) is 51.1 Å². The number of phenolic OH excluding ortho intramolecular Hbond substituents is 4.